The molecule has 18 heavy (non-hydrogen) atoms. The Morgan fingerprint density at radius 3 is 2.72 bits per heavy atom. The molecule has 1 heterocycles. The highest BCUT2D eigenvalue weighted by atomic mass is 32.2. The fourth-order valence-corrected chi connectivity index (χ4v) is 3.16. The first-order chi connectivity index (χ1) is 8.56. The van der Waals surface area contributed by atoms with Crippen molar-refractivity contribution in [3.63, 3.8) is 0 Å². The molecule has 0 fully saturated rings. The van der Waals surface area contributed by atoms with Crippen LogP contribution in [-0.4, -0.2) is 29.1 Å². The van der Waals surface area contributed by atoms with Crippen LogP contribution < -0.4 is 10.6 Å². The average molecular weight is 287 g/mol. The standard InChI is InChI=1S/C12H21N3OS2/c1-5-10(7-17-4)15-12(16)13-6-11-8(2)18-9(3)14-11/h10H,5-7H2,1-4H3,(H2,13,15,16). The first-order valence-electron chi connectivity index (χ1n) is 6.03. The fourth-order valence-electron chi connectivity index (χ4n) is 1.60. The maximum Gasteiger partial charge on any atom is 0.315 e. The Kier molecular flexibility index (Phi) is 6.49. The third-order valence-corrected chi connectivity index (χ3v) is 4.28. The van der Waals surface area contributed by atoms with Crippen molar-refractivity contribution in [1.29, 1.82) is 0 Å². The van der Waals surface area contributed by atoms with E-state index in [0.29, 0.717) is 6.54 Å². The van der Waals surface area contributed by atoms with Crippen LogP contribution in [0.5, 0.6) is 0 Å². The maximum absolute atomic E-state index is 11.7. The fraction of sp³-hybridized carbons (Fsp3) is 0.667. The summed E-state index contributed by atoms with van der Waals surface area (Å²) in [6.45, 7) is 6.59. The highest BCUT2D eigenvalue weighted by Crippen LogP contribution is 2.15. The van der Waals surface area contributed by atoms with Crippen LogP contribution in [0.15, 0.2) is 0 Å². The minimum absolute atomic E-state index is 0.110. The molecule has 1 atom stereocenters. The summed E-state index contributed by atoms with van der Waals surface area (Å²) in [6.07, 6.45) is 2.99. The molecule has 1 unspecified atom stereocenters. The number of nitrogens with one attached hydrogen (secondary N) is 2. The number of hydrogen-bond acceptors (Lipinski definition) is 4. The van der Waals surface area contributed by atoms with Gasteiger partial charge in [0.15, 0.2) is 0 Å². The lowest BCUT2D eigenvalue weighted by Crippen LogP contribution is -2.42. The van der Waals surface area contributed by atoms with Gasteiger partial charge in [0.2, 0.25) is 0 Å². The maximum atomic E-state index is 11.7. The SMILES string of the molecule is CCC(CSC)NC(=O)NCc1nc(C)sc1C. The minimum atomic E-state index is -0.110. The summed E-state index contributed by atoms with van der Waals surface area (Å²) in [7, 11) is 0. The van der Waals surface area contributed by atoms with Crippen LogP contribution in [-0.2, 0) is 6.54 Å². The van der Waals surface area contributed by atoms with Gasteiger partial charge in [0.25, 0.3) is 0 Å². The number of nitrogens with zero attached hydrogens (tertiary/aromatic N) is 1. The lowest BCUT2D eigenvalue weighted by atomic mass is 10.3. The number of amides is 2. The summed E-state index contributed by atoms with van der Waals surface area (Å²) in [4.78, 5) is 17.3. The molecule has 4 nitrogen and oxygen atoms in total. The van der Waals surface area contributed by atoms with Gasteiger partial charge in [0, 0.05) is 16.7 Å². The molecule has 0 aliphatic carbocycles. The molecule has 2 N–H and O–H groups in total. The summed E-state index contributed by atoms with van der Waals surface area (Å²) >= 11 is 3.40. The minimum Gasteiger partial charge on any atom is -0.335 e. The van der Waals surface area contributed by atoms with E-state index < -0.39 is 0 Å². The number of aromatic nitrogens is 1. The van der Waals surface area contributed by atoms with E-state index in [1.807, 2.05) is 20.1 Å². The van der Waals surface area contributed by atoms with Crippen LogP contribution in [0.2, 0.25) is 0 Å². The first kappa shape index (κ1) is 15.3. The van der Waals surface area contributed by atoms with Crippen LogP contribution in [0.3, 0.4) is 0 Å². The van der Waals surface area contributed by atoms with Gasteiger partial charge < -0.3 is 10.6 Å². The quantitative estimate of drug-likeness (QED) is 0.846. The molecule has 0 bridgehead atoms. The Morgan fingerprint density at radius 2 is 2.22 bits per heavy atom. The number of rotatable bonds is 6. The summed E-state index contributed by atoms with van der Waals surface area (Å²) in [5.74, 6) is 0.943. The van der Waals surface area contributed by atoms with Crippen LogP contribution in [0.4, 0.5) is 4.79 Å². The van der Waals surface area contributed by atoms with Crippen LogP contribution >= 0.6 is 23.1 Å². The normalized spacial score (nSPS) is 12.2. The topological polar surface area (TPSA) is 54.0 Å². The predicted octanol–water partition coefficient (Wildman–Crippen LogP) is 2.70. The Labute approximate surface area is 117 Å². The molecule has 1 aromatic rings. The van der Waals surface area contributed by atoms with Crippen LogP contribution in [0, 0.1) is 13.8 Å². The highest BCUT2D eigenvalue weighted by molar-refractivity contribution is 7.98. The Hall–Kier alpha value is -0.750. The number of aryl methyl sites for hydroxylation is 2. The lowest BCUT2D eigenvalue weighted by molar-refractivity contribution is 0.237. The summed E-state index contributed by atoms with van der Waals surface area (Å²) < 4.78 is 0. The second-order valence-electron chi connectivity index (χ2n) is 4.12. The molecular weight excluding hydrogens is 266 g/mol. The largest absolute Gasteiger partial charge is 0.335 e. The number of carbonyl (C=O) groups is 1. The van der Waals surface area contributed by atoms with Gasteiger partial charge in [-0.3, -0.25) is 0 Å². The molecule has 0 saturated heterocycles. The van der Waals surface area contributed by atoms with Gasteiger partial charge in [-0.1, -0.05) is 6.92 Å². The van der Waals surface area contributed by atoms with E-state index in [1.54, 1.807) is 23.1 Å². The van der Waals surface area contributed by atoms with Crippen molar-refractivity contribution in [2.24, 2.45) is 0 Å². The van der Waals surface area contributed by atoms with Crippen molar-refractivity contribution >= 4 is 29.1 Å². The van der Waals surface area contributed by atoms with Crippen molar-refractivity contribution in [3.8, 4) is 0 Å². The van der Waals surface area contributed by atoms with Crippen molar-refractivity contribution in [2.45, 2.75) is 39.8 Å². The molecule has 102 valence electrons. The first-order valence-corrected chi connectivity index (χ1v) is 8.24. The molecule has 0 aliphatic rings. The number of thioether (sulfide) groups is 1. The van der Waals surface area contributed by atoms with E-state index in [-0.39, 0.29) is 12.1 Å². The molecule has 0 radical (unpaired) electrons. The average Bonchev–Trinajstić information content (AvgIpc) is 2.64. The summed E-state index contributed by atoms with van der Waals surface area (Å²) in [5, 5.41) is 6.87. The summed E-state index contributed by atoms with van der Waals surface area (Å²) in [6, 6.07) is 0.124. The second kappa shape index (κ2) is 7.63. The molecular formula is C12H21N3OS2. The molecule has 0 aliphatic heterocycles. The highest BCUT2D eigenvalue weighted by Gasteiger charge is 2.10. The van der Waals surface area contributed by atoms with E-state index in [9.17, 15) is 4.79 Å². The second-order valence-corrected chi connectivity index (χ2v) is 6.44. The van der Waals surface area contributed by atoms with Gasteiger partial charge in [-0.25, -0.2) is 9.78 Å². The number of carbonyl (C=O) groups excluding carboxylic acids is 1. The zero-order valence-corrected chi connectivity index (χ0v) is 13.0. The smallest absolute Gasteiger partial charge is 0.315 e. The lowest BCUT2D eigenvalue weighted by Gasteiger charge is -2.16. The van der Waals surface area contributed by atoms with Gasteiger partial charge in [0.05, 0.1) is 17.2 Å². The molecule has 6 heteroatoms. The molecule has 0 aromatic carbocycles. The van der Waals surface area contributed by atoms with Gasteiger partial charge in [-0.15, -0.1) is 11.3 Å². The van der Waals surface area contributed by atoms with Crippen molar-refractivity contribution in [3.05, 3.63) is 15.6 Å². The molecule has 2 amide bonds. The third kappa shape index (κ3) is 4.86. The van der Waals surface area contributed by atoms with Crippen molar-refractivity contribution in [2.75, 3.05) is 12.0 Å². The van der Waals surface area contributed by atoms with Gasteiger partial charge in [-0.05, 0) is 26.5 Å². The zero-order valence-electron chi connectivity index (χ0n) is 11.4. The zero-order chi connectivity index (χ0) is 13.5. The molecule has 0 saturated carbocycles. The molecule has 1 aromatic heterocycles. The van der Waals surface area contributed by atoms with Gasteiger partial charge >= 0.3 is 6.03 Å². The van der Waals surface area contributed by atoms with E-state index in [1.165, 1.54) is 4.88 Å². The Balaban J connectivity index is 2.39. The van der Waals surface area contributed by atoms with Crippen LogP contribution in [0.25, 0.3) is 0 Å². The van der Waals surface area contributed by atoms with E-state index in [4.69, 9.17) is 0 Å². The third-order valence-electron chi connectivity index (χ3n) is 2.61. The number of urea groups is 1. The Morgan fingerprint density at radius 1 is 1.50 bits per heavy atom. The number of thiazole rings is 1. The molecule has 0 spiro atoms. The predicted molar refractivity (Wildman–Crippen MR) is 79.4 cm³/mol. The summed E-state index contributed by atoms with van der Waals surface area (Å²) in [5.41, 5.74) is 0.963. The van der Waals surface area contributed by atoms with Crippen molar-refractivity contribution in [1.82, 2.24) is 15.6 Å². The van der Waals surface area contributed by atoms with E-state index >= 15 is 0 Å². The van der Waals surface area contributed by atoms with Crippen LogP contribution in [0.1, 0.15) is 28.9 Å². The van der Waals surface area contributed by atoms with E-state index in [0.717, 1.165) is 22.9 Å². The van der Waals surface area contributed by atoms with Crippen molar-refractivity contribution < 1.29 is 4.79 Å². The van der Waals surface area contributed by atoms with E-state index in [2.05, 4.69) is 22.5 Å². The number of hydrogen-bond donors (Lipinski definition) is 2. The Bertz CT molecular complexity index is 393. The molecule has 1 rings (SSSR count). The van der Waals surface area contributed by atoms with Gasteiger partial charge in [0.1, 0.15) is 0 Å². The monoisotopic (exact) mass is 287 g/mol. The van der Waals surface area contributed by atoms with Gasteiger partial charge in [-0.2, -0.15) is 11.8 Å².